The van der Waals surface area contributed by atoms with Gasteiger partial charge in [0.15, 0.2) is 0 Å². The molecule has 0 aromatic heterocycles. The van der Waals surface area contributed by atoms with Crippen molar-refractivity contribution in [2.75, 3.05) is 11.0 Å². The van der Waals surface area contributed by atoms with Crippen molar-refractivity contribution in [3.63, 3.8) is 0 Å². The number of anilines is 1. The monoisotopic (exact) mass is 332 g/mol. The van der Waals surface area contributed by atoms with Crippen LogP contribution in [0.3, 0.4) is 0 Å². The van der Waals surface area contributed by atoms with E-state index in [1.165, 1.54) is 0 Å². The van der Waals surface area contributed by atoms with E-state index in [1.807, 2.05) is 0 Å². The first kappa shape index (κ1) is 15.6. The molecule has 1 N–H and O–H groups in total. The van der Waals surface area contributed by atoms with Gasteiger partial charge in [-0.3, -0.25) is 14.8 Å². The summed E-state index contributed by atoms with van der Waals surface area (Å²) in [6, 6.07) is 0.708. The fraction of sp³-hybridized carbons (Fsp3) is 0.143. The molecule has 1 aromatic carbocycles. The van der Waals surface area contributed by atoms with Crippen LogP contribution in [-0.4, -0.2) is 28.0 Å². The SMILES string of the molecule is CS(=O)(=O)Nc1cc(F)c(S(=O)(=O)Cl)cc1[N+](=O)[O-]. The molecule has 0 heterocycles. The minimum Gasteiger partial charge on any atom is -0.277 e. The summed E-state index contributed by atoms with van der Waals surface area (Å²) in [4.78, 5) is 8.53. The molecule has 0 fully saturated rings. The first-order chi connectivity index (χ1) is 8.42. The Balaban J connectivity index is 3.60. The van der Waals surface area contributed by atoms with Crippen LogP contribution in [0.5, 0.6) is 0 Å². The summed E-state index contributed by atoms with van der Waals surface area (Å²) in [6.07, 6.45) is 0.695. The van der Waals surface area contributed by atoms with Crippen molar-refractivity contribution in [1.29, 1.82) is 0 Å². The molecule has 106 valence electrons. The van der Waals surface area contributed by atoms with Gasteiger partial charge in [0, 0.05) is 22.8 Å². The highest BCUT2D eigenvalue weighted by atomic mass is 35.7. The molecule has 0 aliphatic carbocycles. The van der Waals surface area contributed by atoms with E-state index >= 15 is 0 Å². The van der Waals surface area contributed by atoms with Gasteiger partial charge in [0.25, 0.3) is 14.7 Å². The molecule has 0 aliphatic rings. The number of nitro benzene ring substituents is 1. The van der Waals surface area contributed by atoms with Crippen LogP contribution >= 0.6 is 10.7 Å². The third-order valence-corrected chi connectivity index (χ3v) is 3.73. The first-order valence-corrected chi connectivity index (χ1v) is 8.52. The lowest BCUT2D eigenvalue weighted by Crippen LogP contribution is -2.12. The van der Waals surface area contributed by atoms with Crippen molar-refractivity contribution in [3.05, 3.63) is 28.1 Å². The Morgan fingerprint density at radius 3 is 2.21 bits per heavy atom. The second-order valence-electron chi connectivity index (χ2n) is 3.37. The Hall–Kier alpha value is -1.46. The lowest BCUT2D eigenvalue weighted by molar-refractivity contribution is -0.384. The number of nitro groups is 1. The van der Waals surface area contributed by atoms with Gasteiger partial charge in [-0.2, -0.15) is 0 Å². The number of halogens is 2. The molecule has 0 aliphatic heterocycles. The predicted molar refractivity (Wildman–Crippen MR) is 64.6 cm³/mol. The Kier molecular flexibility index (Phi) is 4.03. The Morgan fingerprint density at radius 2 is 1.84 bits per heavy atom. The topological polar surface area (TPSA) is 123 Å². The Morgan fingerprint density at radius 1 is 1.32 bits per heavy atom. The fourth-order valence-corrected chi connectivity index (χ4v) is 2.62. The summed E-state index contributed by atoms with van der Waals surface area (Å²) in [7, 11) is -3.54. The molecule has 8 nitrogen and oxygen atoms in total. The van der Waals surface area contributed by atoms with E-state index in [0.717, 1.165) is 0 Å². The number of nitrogens with zero attached hydrogens (tertiary/aromatic N) is 1. The Bertz CT molecular complexity index is 745. The molecule has 0 atom stereocenters. The minimum absolute atomic E-state index is 0.338. The highest BCUT2D eigenvalue weighted by molar-refractivity contribution is 8.13. The molecule has 19 heavy (non-hydrogen) atoms. The van der Waals surface area contributed by atoms with Crippen molar-refractivity contribution in [1.82, 2.24) is 0 Å². The van der Waals surface area contributed by atoms with Crippen LogP contribution in [0.25, 0.3) is 0 Å². The average Bonchev–Trinajstić information content (AvgIpc) is 2.11. The minimum atomic E-state index is -4.53. The van der Waals surface area contributed by atoms with Crippen LogP contribution in [0.1, 0.15) is 0 Å². The zero-order chi connectivity index (χ0) is 15.0. The second kappa shape index (κ2) is 4.90. The fourth-order valence-electron chi connectivity index (χ4n) is 1.16. The van der Waals surface area contributed by atoms with Gasteiger partial charge in [-0.15, -0.1) is 0 Å². The molecule has 12 heteroatoms. The Labute approximate surface area is 111 Å². The molecule has 0 amide bonds. The molecule has 1 rings (SSSR count). The zero-order valence-corrected chi connectivity index (χ0v) is 11.5. The summed E-state index contributed by atoms with van der Waals surface area (Å²) in [5, 5.41) is 10.7. The number of nitrogens with one attached hydrogen (secondary N) is 1. The van der Waals surface area contributed by atoms with Crippen LogP contribution in [0.15, 0.2) is 17.0 Å². The standard InChI is InChI=1S/C7H6ClFN2O6S2/c1-18(14,15)10-5-2-4(9)7(19(8,16)17)3-6(5)11(12)13/h2-3,10H,1H3. The zero-order valence-electron chi connectivity index (χ0n) is 9.12. The van der Waals surface area contributed by atoms with Gasteiger partial charge in [-0.1, -0.05) is 0 Å². The molecule has 0 spiro atoms. The largest absolute Gasteiger partial charge is 0.294 e. The van der Waals surface area contributed by atoms with Gasteiger partial charge in [-0.25, -0.2) is 21.2 Å². The van der Waals surface area contributed by atoms with Gasteiger partial charge in [0.1, 0.15) is 16.4 Å². The van der Waals surface area contributed by atoms with Gasteiger partial charge >= 0.3 is 0 Å². The number of hydrogen-bond donors (Lipinski definition) is 1. The maximum atomic E-state index is 13.4. The van der Waals surface area contributed by atoms with E-state index in [2.05, 4.69) is 0 Å². The molecule has 0 saturated heterocycles. The highest BCUT2D eigenvalue weighted by Gasteiger charge is 2.26. The normalized spacial score (nSPS) is 12.2. The van der Waals surface area contributed by atoms with Crippen molar-refractivity contribution in [3.8, 4) is 0 Å². The maximum Gasteiger partial charge on any atom is 0.294 e. The van der Waals surface area contributed by atoms with Crippen molar-refractivity contribution >= 4 is 41.1 Å². The summed E-state index contributed by atoms with van der Waals surface area (Å²) in [5.74, 6) is -1.41. The molecule has 0 bridgehead atoms. The molecule has 1 aromatic rings. The third kappa shape index (κ3) is 4.01. The highest BCUT2D eigenvalue weighted by Crippen LogP contribution is 2.31. The number of sulfonamides is 1. The molecule has 0 radical (unpaired) electrons. The first-order valence-electron chi connectivity index (χ1n) is 4.32. The smallest absolute Gasteiger partial charge is 0.277 e. The summed E-state index contributed by atoms with van der Waals surface area (Å²) in [6.45, 7) is 0. The van der Waals surface area contributed by atoms with E-state index in [1.54, 1.807) is 4.72 Å². The molecule has 0 saturated carbocycles. The van der Waals surface area contributed by atoms with Gasteiger partial charge < -0.3 is 0 Å². The number of benzene rings is 1. The molecular formula is C7H6ClFN2O6S2. The lowest BCUT2D eigenvalue weighted by Gasteiger charge is -2.06. The van der Waals surface area contributed by atoms with Crippen LogP contribution in [-0.2, 0) is 19.1 Å². The van der Waals surface area contributed by atoms with E-state index in [4.69, 9.17) is 10.7 Å². The van der Waals surface area contributed by atoms with Gasteiger partial charge in [0.2, 0.25) is 10.0 Å². The third-order valence-electron chi connectivity index (χ3n) is 1.80. The van der Waals surface area contributed by atoms with E-state index in [9.17, 15) is 31.3 Å². The summed E-state index contributed by atoms with van der Waals surface area (Å²) < 4.78 is 59.1. The van der Waals surface area contributed by atoms with Crippen molar-refractivity contribution < 1.29 is 26.1 Å². The van der Waals surface area contributed by atoms with Gasteiger partial charge in [-0.05, 0) is 0 Å². The quantitative estimate of drug-likeness (QED) is 0.499. The van der Waals surface area contributed by atoms with Crippen LogP contribution < -0.4 is 4.72 Å². The lowest BCUT2D eigenvalue weighted by atomic mass is 10.2. The summed E-state index contributed by atoms with van der Waals surface area (Å²) in [5.41, 5.74) is -1.64. The van der Waals surface area contributed by atoms with Crippen molar-refractivity contribution in [2.24, 2.45) is 0 Å². The van der Waals surface area contributed by atoms with Crippen molar-refractivity contribution in [2.45, 2.75) is 4.90 Å². The predicted octanol–water partition coefficient (Wildman–Crippen LogP) is 1.03. The second-order valence-corrected chi connectivity index (χ2v) is 7.65. The summed E-state index contributed by atoms with van der Waals surface area (Å²) >= 11 is 0. The molecular weight excluding hydrogens is 327 g/mol. The van der Waals surface area contributed by atoms with Crippen LogP contribution in [0.4, 0.5) is 15.8 Å². The van der Waals surface area contributed by atoms with Crippen LogP contribution in [0.2, 0.25) is 0 Å². The average molecular weight is 333 g/mol. The van der Waals surface area contributed by atoms with Gasteiger partial charge in [0.05, 0.1) is 11.2 Å². The van der Waals surface area contributed by atoms with E-state index in [-0.39, 0.29) is 0 Å². The van der Waals surface area contributed by atoms with E-state index < -0.39 is 46.1 Å². The number of hydrogen-bond acceptors (Lipinski definition) is 6. The number of rotatable bonds is 4. The van der Waals surface area contributed by atoms with E-state index in [0.29, 0.717) is 18.4 Å². The van der Waals surface area contributed by atoms with Crippen LogP contribution in [0, 0.1) is 15.9 Å². The molecule has 0 unspecified atom stereocenters. The maximum absolute atomic E-state index is 13.4.